The highest BCUT2D eigenvalue weighted by atomic mass is 32.1. The van der Waals surface area contributed by atoms with Crippen molar-refractivity contribution < 1.29 is 23.9 Å². The minimum absolute atomic E-state index is 0.130. The van der Waals surface area contributed by atoms with Crippen LogP contribution in [0.25, 0.3) is 0 Å². The normalized spacial score (nSPS) is 12.7. The molecule has 2 heterocycles. The van der Waals surface area contributed by atoms with Crippen molar-refractivity contribution in [2.45, 2.75) is 90.1 Å². The standard InChI is InChI=1S/C38H49N7O5S2/c1-26(2)36-42-32(24-51-36)22-45(4)37(48)44-34(17-18-40-27(3)46)35(47)41-30(19-28-11-7-5-8-12-28)15-16-31(20-29-13-9-6-10-14-29)43-38(49)50-23-33-21-39-25-52-33/h5-14,21,24-26,30-31,34H,15-20,22-23H2,1-4H3,(H,40,46)(H,41,47)(H,43,49)(H,44,48)/t30-,31-,34+/m1/s1. The number of carbonyl (C=O) groups excluding carboxylic acids is 4. The molecule has 5 amide bonds. The Labute approximate surface area is 313 Å². The van der Waals surface area contributed by atoms with Crippen LogP contribution in [0.2, 0.25) is 0 Å². The highest BCUT2D eigenvalue weighted by Gasteiger charge is 2.26. The van der Waals surface area contributed by atoms with Gasteiger partial charge in [0.2, 0.25) is 11.8 Å². The van der Waals surface area contributed by atoms with Gasteiger partial charge in [0.1, 0.15) is 12.6 Å². The van der Waals surface area contributed by atoms with Crippen molar-refractivity contribution in [1.29, 1.82) is 0 Å². The van der Waals surface area contributed by atoms with Crippen LogP contribution < -0.4 is 21.3 Å². The zero-order valence-electron chi connectivity index (χ0n) is 30.2. The Kier molecular flexibility index (Phi) is 16.0. The van der Waals surface area contributed by atoms with Crippen molar-refractivity contribution in [2.75, 3.05) is 13.6 Å². The average molecular weight is 748 g/mol. The maximum Gasteiger partial charge on any atom is 0.407 e. The predicted molar refractivity (Wildman–Crippen MR) is 204 cm³/mol. The molecule has 0 spiro atoms. The quantitative estimate of drug-likeness (QED) is 0.0945. The number of alkyl carbamates (subject to hydrolysis) is 1. The third-order valence-electron chi connectivity index (χ3n) is 8.24. The molecule has 0 radical (unpaired) electrons. The fourth-order valence-electron chi connectivity index (χ4n) is 5.51. The number of thiazole rings is 2. The van der Waals surface area contributed by atoms with E-state index in [4.69, 9.17) is 4.74 Å². The van der Waals surface area contributed by atoms with E-state index in [1.165, 1.54) is 23.2 Å². The highest BCUT2D eigenvalue weighted by Crippen LogP contribution is 2.20. The molecule has 3 atom stereocenters. The summed E-state index contributed by atoms with van der Waals surface area (Å²) in [4.78, 5) is 62.9. The summed E-state index contributed by atoms with van der Waals surface area (Å²) in [5.74, 6) is -0.298. The first-order chi connectivity index (χ1) is 25.0. The van der Waals surface area contributed by atoms with Gasteiger partial charge < -0.3 is 30.9 Å². The molecular formula is C38H49N7O5S2. The van der Waals surface area contributed by atoms with Gasteiger partial charge in [-0.1, -0.05) is 74.5 Å². The van der Waals surface area contributed by atoms with Gasteiger partial charge in [-0.15, -0.1) is 22.7 Å². The van der Waals surface area contributed by atoms with Gasteiger partial charge in [-0.25, -0.2) is 14.6 Å². The molecule has 0 aliphatic heterocycles. The molecule has 4 aromatic rings. The fourth-order valence-corrected chi connectivity index (χ4v) is 6.84. The summed E-state index contributed by atoms with van der Waals surface area (Å²) in [5, 5.41) is 14.8. The van der Waals surface area contributed by atoms with Crippen molar-refractivity contribution in [3.63, 3.8) is 0 Å². The first-order valence-corrected chi connectivity index (χ1v) is 19.2. The summed E-state index contributed by atoms with van der Waals surface area (Å²) < 4.78 is 5.49. The van der Waals surface area contributed by atoms with Crippen LogP contribution in [0.4, 0.5) is 9.59 Å². The molecule has 0 unspecified atom stereocenters. The third kappa shape index (κ3) is 14.1. The Hall–Kier alpha value is -4.82. The maximum atomic E-state index is 14.0. The van der Waals surface area contributed by atoms with Crippen molar-refractivity contribution in [3.8, 4) is 0 Å². The second kappa shape index (κ2) is 20.9. The van der Waals surface area contributed by atoms with E-state index in [1.54, 1.807) is 30.1 Å². The maximum absolute atomic E-state index is 14.0. The molecule has 52 heavy (non-hydrogen) atoms. The van der Waals surface area contributed by atoms with Gasteiger partial charge in [0.25, 0.3) is 0 Å². The Morgan fingerprint density at radius 1 is 0.846 bits per heavy atom. The van der Waals surface area contributed by atoms with E-state index in [0.29, 0.717) is 25.7 Å². The minimum atomic E-state index is -0.915. The molecule has 0 saturated heterocycles. The number of amides is 5. The number of urea groups is 1. The largest absolute Gasteiger partial charge is 0.444 e. The summed E-state index contributed by atoms with van der Waals surface area (Å²) in [6.07, 6.45) is 3.52. The first kappa shape index (κ1) is 40.0. The molecule has 0 fully saturated rings. The van der Waals surface area contributed by atoms with Crippen molar-refractivity contribution in [2.24, 2.45) is 0 Å². The molecule has 14 heteroatoms. The molecule has 12 nitrogen and oxygen atoms in total. The predicted octanol–water partition coefficient (Wildman–Crippen LogP) is 5.80. The molecule has 278 valence electrons. The second-order valence-electron chi connectivity index (χ2n) is 13.0. The van der Waals surface area contributed by atoms with Crippen LogP contribution >= 0.6 is 22.7 Å². The summed E-state index contributed by atoms with van der Waals surface area (Å²) in [5.41, 5.74) is 4.56. The van der Waals surface area contributed by atoms with Gasteiger partial charge in [0.15, 0.2) is 0 Å². The third-order valence-corrected chi connectivity index (χ3v) is 10.2. The molecule has 0 aliphatic carbocycles. The highest BCUT2D eigenvalue weighted by molar-refractivity contribution is 7.09. The van der Waals surface area contributed by atoms with Gasteiger partial charge in [-0.3, -0.25) is 14.6 Å². The van der Waals surface area contributed by atoms with Crippen LogP contribution in [0.3, 0.4) is 0 Å². The van der Waals surface area contributed by atoms with Crippen LogP contribution in [-0.4, -0.2) is 70.5 Å². The molecule has 2 aromatic carbocycles. The van der Waals surface area contributed by atoms with E-state index in [9.17, 15) is 19.2 Å². The molecule has 0 saturated carbocycles. The van der Waals surface area contributed by atoms with Crippen molar-refractivity contribution in [1.82, 2.24) is 36.1 Å². The number of hydrogen-bond acceptors (Lipinski definition) is 9. The van der Waals surface area contributed by atoms with E-state index >= 15 is 0 Å². The topological polar surface area (TPSA) is 155 Å². The molecule has 4 rings (SSSR count). The fraction of sp³-hybridized carbons (Fsp3) is 0.421. The molecular weight excluding hydrogens is 699 g/mol. The van der Waals surface area contributed by atoms with Gasteiger partial charge in [0, 0.05) is 50.1 Å². The van der Waals surface area contributed by atoms with Crippen LogP contribution in [0.15, 0.2) is 77.8 Å². The number of ether oxygens (including phenoxy) is 1. The van der Waals surface area contributed by atoms with Crippen molar-refractivity contribution >= 4 is 46.6 Å². The van der Waals surface area contributed by atoms with Crippen LogP contribution in [0, 0.1) is 0 Å². The van der Waals surface area contributed by atoms with Gasteiger partial charge in [-0.2, -0.15) is 0 Å². The minimum Gasteiger partial charge on any atom is -0.444 e. The van der Waals surface area contributed by atoms with E-state index in [2.05, 4.69) is 45.1 Å². The number of hydrogen-bond donors (Lipinski definition) is 4. The van der Waals surface area contributed by atoms with Gasteiger partial charge in [-0.05, 0) is 43.2 Å². The Bertz CT molecular complexity index is 1690. The summed E-state index contributed by atoms with van der Waals surface area (Å²) in [7, 11) is 1.66. The lowest BCUT2D eigenvalue weighted by Gasteiger charge is -2.27. The summed E-state index contributed by atoms with van der Waals surface area (Å²) in [6.45, 7) is 6.17. The number of nitrogens with zero attached hydrogens (tertiary/aromatic N) is 3. The lowest BCUT2D eigenvalue weighted by molar-refractivity contribution is -0.124. The first-order valence-electron chi connectivity index (χ1n) is 17.4. The summed E-state index contributed by atoms with van der Waals surface area (Å²) >= 11 is 2.97. The number of carbonyl (C=O) groups is 4. The van der Waals surface area contributed by atoms with E-state index < -0.39 is 18.2 Å². The number of benzene rings is 2. The Balaban J connectivity index is 1.46. The van der Waals surface area contributed by atoms with Gasteiger partial charge >= 0.3 is 12.1 Å². The van der Waals surface area contributed by atoms with E-state index in [1.807, 2.05) is 66.0 Å². The van der Waals surface area contributed by atoms with Gasteiger partial charge in [0.05, 0.1) is 27.6 Å². The van der Waals surface area contributed by atoms with E-state index in [0.717, 1.165) is 26.7 Å². The SMILES string of the molecule is CC(=O)NCC[C@H](NC(=O)N(C)Cc1csc(C(C)C)n1)C(=O)N[C@H](CC[C@H](Cc1ccccc1)NC(=O)OCc1cncs1)Cc1ccccc1. The second-order valence-corrected chi connectivity index (χ2v) is 14.9. The molecule has 0 bridgehead atoms. The van der Waals surface area contributed by atoms with Crippen LogP contribution in [0.1, 0.15) is 72.7 Å². The zero-order chi connectivity index (χ0) is 37.3. The summed E-state index contributed by atoms with van der Waals surface area (Å²) in [6, 6.07) is 17.8. The van der Waals surface area contributed by atoms with Crippen LogP contribution in [0.5, 0.6) is 0 Å². The Morgan fingerprint density at radius 2 is 1.48 bits per heavy atom. The van der Waals surface area contributed by atoms with Crippen molar-refractivity contribution in [3.05, 3.63) is 104 Å². The molecule has 2 aromatic heterocycles. The number of rotatable bonds is 19. The lowest BCUT2D eigenvalue weighted by atomic mass is 9.95. The molecule has 4 N–H and O–H groups in total. The zero-order valence-corrected chi connectivity index (χ0v) is 31.8. The smallest absolute Gasteiger partial charge is 0.407 e. The Morgan fingerprint density at radius 3 is 2.04 bits per heavy atom. The number of aromatic nitrogens is 2. The number of nitrogens with one attached hydrogen (secondary N) is 4. The monoisotopic (exact) mass is 747 g/mol. The van der Waals surface area contributed by atoms with E-state index in [-0.39, 0.29) is 55.9 Å². The van der Waals surface area contributed by atoms with Crippen LogP contribution in [-0.2, 0) is 40.3 Å². The average Bonchev–Trinajstić information content (AvgIpc) is 3.83. The molecule has 0 aliphatic rings. The lowest BCUT2D eigenvalue weighted by Crippen LogP contribution is -2.53.